The van der Waals surface area contributed by atoms with Crippen molar-refractivity contribution in [2.24, 2.45) is 5.73 Å². The number of nitrogens with one attached hydrogen (secondary N) is 1. The van der Waals surface area contributed by atoms with Crippen molar-refractivity contribution in [3.8, 4) is 5.75 Å². The van der Waals surface area contributed by atoms with Gasteiger partial charge in [-0.2, -0.15) is 0 Å². The predicted molar refractivity (Wildman–Crippen MR) is 73.2 cm³/mol. The second-order valence-electron chi connectivity index (χ2n) is 4.23. The van der Waals surface area contributed by atoms with Crippen LogP contribution in [0.4, 0.5) is 0 Å². The van der Waals surface area contributed by atoms with Gasteiger partial charge in [0.1, 0.15) is 12.0 Å². The van der Waals surface area contributed by atoms with Gasteiger partial charge < -0.3 is 20.6 Å². The third-order valence-electron chi connectivity index (χ3n) is 2.80. The van der Waals surface area contributed by atoms with Gasteiger partial charge in [0.15, 0.2) is 0 Å². The van der Waals surface area contributed by atoms with E-state index in [1.165, 1.54) is 0 Å². The van der Waals surface area contributed by atoms with Gasteiger partial charge in [-0.3, -0.25) is 4.79 Å². The van der Waals surface area contributed by atoms with E-state index < -0.39 is 6.04 Å². The number of hydrogen-bond donors (Lipinski definition) is 2. The van der Waals surface area contributed by atoms with Crippen LogP contribution >= 0.6 is 0 Å². The topological polar surface area (TPSA) is 81.4 Å². The number of aldehydes is 1. The number of carbonyl (C=O) groups excluding carboxylic acids is 2. The Labute approximate surface area is 113 Å². The van der Waals surface area contributed by atoms with E-state index in [1.807, 2.05) is 0 Å². The number of carbonyl (C=O) groups is 2. The molecule has 0 saturated heterocycles. The molecule has 0 fully saturated rings. The lowest BCUT2D eigenvalue weighted by Gasteiger charge is -2.12. The summed E-state index contributed by atoms with van der Waals surface area (Å²) < 4.78 is 5.02. The van der Waals surface area contributed by atoms with Crippen LogP contribution in [0.15, 0.2) is 24.3 Å². The van der Waals surface area contributed by atoms with Gasteiger partial charge in [-0.1, -0.05) is 0 Å². The summed E-state index contributed by atoms with van der Waals surface area (Å²) in [7, 11) is 1.56. The minimum Gasteiger partial charge on any atom is -0.497 e. The standard InChI is InChI=1S/C14H20N2O3/c1-19-13-7-5-11(6-8-13)14(18)16-12(10-17)4-2-3-9-15/h5-8,10,12H,2-4,9,15H2,1H3,(H,16,18)/t12-/m0/s1. The Morgan fingerprint density at radius 2 is 2.05 bits per heavy atom. The molecule has 0 spiro atoms. The Kier molecular flexibility index (Phi) is 6.60. The molecular weight excluding hydrogens is 244 g/mol. The van der Waals surface area contributed by atoms with E-state index in [0.717, 1.165) is 19.1 Å². The lowest BCUT2D eigenvalue weighted by molar-refractivity contribution is -0.109. The van der Waals surface area contributed by atoms with Crippen LogP contribution in [0.3, 0.4) is 0 Å². The van der Waals surface area contributed by atoms with Gasteiger partial charge in [0.05, 0.1) is 13.2 Å². The lowest BCUT2D eigenvalue weighted by atomic mass is 10.1. The molecule has 3 N–H and O–H groups in total. The number of rotatable bonds is 8. The maximum absolute atomic E-state index is 11.9. The molecule has 1 atom stereocenters. The smallest absolute Gasteiger partial charge is 0.251 e. The first-order chi connectivity index (χ1) is 9.21. The van der Waals surface area contributed by atoms with Crippen LogP contribution in [0, 0.1) is 0 Å². The maximum atomic E-state index is 11.9. The summed E-state index contributed by atoms with van der Waals surface area (Å²) in [5.41, 5.74) is 5.89. The summed E-state index contributed by atoms with van der Waals surface area (Å²) in [4.78, 5) is 22.8. The molecule has 0 aliphatic heterocycles. The fraction of sp³-hybridized carbons (Fsp3) is 0.429. The lowest BCUT2D eigenvalue weighted by Crippen LogP contribution is -2.36. The molecule has 0 aromatic heterocycles. The minimum atomic E-state index is -0.457. The molecule has 0 heterocycles. The molecule has 0 bridgehead atoms. The molecule has 0 aliphatic carbocycles. The van der Waals surface area contributed by atoms with E-state index in [2.05, 4.69) is 5.32 Å². The van der Waals surface area contributed by atoms with Gasteiger partial charge in [-0.05, 0) is 50.1 Å². The molecule has 19 heavy (non-hydrogen) atoms. The number of amides is 1. The Hall–Kier alpha value is -1.88. The first-order valence-electron chi connectivity index (χ1n) is 6.31. The number of hydrogen-bond acceptors (Lipinski definition) is 4. The Balaban J connectivity index is 2.53. The van der Waals surface area contributed by atoms with E-state index >= 15 is 0 Å². The van der Waals surface area contributed by atoms with Gasteiger partial charge in [-0.25, -0.2) is 0 Å². The summed E-state index contributed by atoms with van der Waals surface area (Å²) >= 11 is 0. The maximum Gasteiger partial charge on any atom is 0.251 e. The monoisotopic (exact) mass is 264 g/mol. The molecule has 104 valence electrons. The Morgan fingerprint density at radius 3 is 2.58 bits per heavy atom. The van der Waals surface area contributed by atoms with Crippen molar-refractivity contribution in [3.05, 3.63) is 29.8 Å². The molecule has 5 nitrogen and oxygen atoms in total. The second-order valence-corrected chi connectivity index (χ2v) is 4.23. The highest BCUT2D eigenvalue weighted by molar-refractivity contribution is 5.95. The van der Waals surface area contributed by atoms with Crippen LogP contribution in [0.5, 0.6) is 5.75 Å². The highest BCUT2D eigenvalue weighted by Gasteiger charge is 2.12. The number of nitrogens with two attached hydrogens (primary N) is 1. The molecule has 0 aliphatic rings. The third-order valence-corrected chi connectivity index (χ3v) is 2.80. The van der Waals surface area contributed by atoms with E-state index in [0.29, 0.717) is 24.3 Å². The summed E-state index contributed by atoms with van der Waals surface area (Å²) in [5, 5.41) is 2.69. The van der Waals surface area contributed by atoms with Crippen LogP contribution < -0.4 is 15.8 Å². The first kappa shape index (κ1) is 15.2. The summed E-state index contributed by atoms with van der Waals surface area (Å²) in [6.45, 7) is 0.595. The molecule has 1 amide bonds. The van der Waals surface area contributed by atoms with Crippen molar-refractivity contribution >= 4 is 12.2 Å². The molecule has 0 radical (unpaired) electrons. The predicted octanol–water partition coefficient (Wildman–Crippen LogP) is 1.12. The zero-order valence-electron chi connectivity index (χ0n) is 11.1. The van der Waals surface area contributed by atoms with Crippen LogP contribution in [0.1, 0.15) is 29.6 Å². The molecule has 1 aromatic rings. The van der Waals surface area contributed by atoms with Gasteiger partial charge in [0.2, 0.25) is 0 Å². The van der Waals surface area contributed by atoms with Crippen molar-refractivity contribution in [1.29, 1.82) is 0 Å². The van der Waals surface area contributed by atoms with Crippen LogP contribution in [0.25, 0.3) is 0 Å². The average molecular weight is 264 g/mol. The third kappa shape index (κ3) is 5.09. The number of ether oxygens (including phenoxy) is 1. The van der Waals surface area contributed by atoms with Crippen LogP contribution in [-0.2, 0) is 4.79 Å². The molecular formula is C14H20N2O3. The summed E-state index contributed by atoms with van der Waals surface area (Å²) in [6, 6.07) is 6.28. The average Bonchev–Trinajstić information content (AvgIpc) is 2.46. The minimum absolute atomic E-state index is 0.257. The second kappa shape index (κ2) is 8.26. The van der Waals surface area contributed by atoms with Crippen molar-refractivity contribution in [2.45, 2.75) is 25.3 Å². The summed E-state index contributed by atoms with van der Waals surface area (Å²) in [6.07, 6.45) is 3.05. The molecule has 1 aromatic carbocycles. The molecule has 1 rings (SSSR count). The largest absolute Gasteiger partial charge is 0.497 e. The highest BCUT2D eigenvalue weighted by atomic mass is 16.5. The van der Waals surface area contributed by atoms with Crippen molar-refractivity contribution in [1.82, 2.24) is 5.32 Å². The first-order valence-corrected chi connectivity index (χ1v) is 6.31. The fourth-order valence-corrected chi connectivity index (χ4v) is 1.68. The normalized spacial score (nSPS) is 11.7. The number of benzene rings is 1. The van der Waals surface area contributed by atoms with Crippen LogP contribution in [-0.4, -0.2) is 31.9 Å². The number of methoxy groups -OCH3 is 1. The molecule has 0 unspecified atom stereocenters. The quantitative estimate of drug-likeness (QED) is 0.544. The van der Waals surface area contributed by atoms with E-state index in [4.69, 9.17) is 10.5 Å². The number of unbranched alkanes of at least 4 members (excludes halogenated alkanes) is 1. The zero-order valence-corrected chi connectivity index (χ0v) is 11.1. The van der Waals surface area contributed by atoms with Gasteiger partial charge in [-0.15, -0.1) is 0 Å². The van der Waals surface area contributed by atoms with Crippen molar-refractivity contribution < 1.29 is 14.3 Å². The van der Waals surface area contributed by atoms with Gasteiger partial charge in [0.25, 0.3) is 5.91 Å². The molecule has 5 heteroatoms. The van der Waals surface area contributed by atoms with E-state index in [9.17, 15) is 9.59 Å². The zero-order chi connectivity index (χ0) is 14.1. The summed E-state index contributed by atoms with van der Waals surface area (Å²) in [5.74, 6) is 0.430. The highest BCUT2D eigenvalue weighted by Crippen LogP contribution is 2.11. The van der Waals surface area contributed by atoms with Crippen molar-refractivity contribution in [2.75, 3.05) is 13.7 Å². The SMILES string of the molecule is COc1ccc(C(=O)N[C@H](C=O)CCCCN)cc1. The van der Waals surface area contributed by atoms with E-state index in [1.54, 1.807) is 31.4 Å². The molecule has 0 saturated carbocycles. The van der Waals surface area contributed by atoms with Crippen LogP contribution in [0.2, 0.25) is 0 Å². The Morgan fingerprint density at radius 1 is 1.37 bits per heavy atom. The van der Waals surface area contributed by atoms with Crippen molar-refractivity contribution in [3.63, 3.8) is 0 Å². The fourth-order valence-electron chi connectivity index (χ4n) is 1.68. The van der Waals surface area contributed by atoms with Gasteiger partial charge in [0, 0.05) is 5.56 Å². The van der Waals surface area contributed by atoms with Gasteiger partial charge >= 0.3 is 0 Å². The Bertz CT molecular complexity index is 404. The van der Waals surface area contributed by atoms with E-state index in [-0.39, 0.29) is 5.91 Å².